The fourth-order valence-electron chi connectivity index (χ4n) is 2.11. The van der Waals surface area contributed by atoms with Gasteiger partial charge in [0.15, 0.2) is 0 Å². The fourth-order valence-corrected chi connectivity index (χ4v) is 2.24. The Hall–Kier alpha value is -3.39. The number of nitrogens with two attached hydrogens (primary N) is 1. The Kier molecular flexibility index (Phi) is 6.90. The number of hydrogen-bond acceptors (Lipinski definition) is 6. The van der Waals surface area contributed by atoms with Crippen LogP contribution in [-0.2, 0) is 9.53 Å². The summed E-state index contributed by atoms with van der Waals surface area (Å²) in [6, 6.07) is 10.7. The van der Waals surface area contributed by atoms with Crippen molar-refractivity contribution in [3.8, 4) is 0 Å². The summed E-state index contributed by atoms with van der Waals surface area (Å²) in [6.07, 6.45) is 2.85. The Labute approximate surface area is 159 Å². The first-order valence-corrected chi connectivity index (χ1v) is 8.17. The molecule has 2 aromatic carbocycles. The number of nitro benzene ring substituents is 1. The van der Waals surface area contributed by atoms with Gasteiger partial charge in [0.2, 0.25) is 5.91 Å². The smallest absolute Gasteiger partial charge is 0.330 e. The van der Waals surface area contributed by atoms with Crippen LogP contribution in [-0.4, -0.2) is 30.0 Å². The van der Waals surface area contributed by atoms with Gasteiger partial charge in [0.25, 0.3) is 5.69 Å². The number of nitrogens with one attached hydrogen (secondary N) is 1. The van der Waals surface area contributed by atoms with E-state index in [9.17, 15) is 19.7 Å². The highest BCUT2D eigenvalue weighted by molar-refractivity contribution is 6.30. The standard InChI is InChI=1S/C18H16ClN3O5/c19-14-5-1-12(2-6-14)3-8-17(23)27-10-9-21-15-7-4-13(18(20)24)11-16(15)22(25)26/h1-8,11,21H,9-10H2,(H2,20,24)/b8-3+. The lowest BCUT2D eigenvalue weighted by atomic mass is 10.1. The van der Waals surface area contributed by atoms with E-state index in [1.807, 2.05) is 0 Å². The van der Waals surface area contributed by atoms with Gasteiger partial charge in [-0.3, -0.25) is 14.9 Å². The molecular weight excluding hydrogens is 374 g/mol. The van der Waals surface area contributed by atoms with Crippen molar-refractivity contribution in [1.29, 1.82) is 0 Å². The molecule has 1 amide bonds. The second-order valence-electron chi connectivity index (χ2n) is 5.33. The molecule has 0 aliphatic rings. The van der Waals surface area contributed by atoms with Crippen molar-refractivity contribution >= 4 is 40.9 Å². The van der Waals surface area contributed by atoms with E-state index in [-0.39, 0.29) is 30.1 Å². The number of benzene rings is 2. The van der Waals surface area contributed by atoms with Crippen molar-refractivity contribution in [3.63, 3.8) is 0 Å². The number of carbonyl (C=O) groups excluding carboxylic acids is 2. The third kappa shape index (κ3) is 6.12. The van der Waals surface area contributed by atoms with Gasteiger partial charge < -0.3 is 15.8 Å². The summed E-state index contributed by atoms with van der Waals surface area (Å²) < 4.78 is 5.01. The zero-order valence-corrected chi connectivity index (χ0v) is 14.8. The van der Waals surface area contributed by atoms with E-state index < -0.39 is 16.8 Å². The predicted molar refractivity (Wildman–Crippen MR) is 102 cm³/mol. The molecule has 0 saturated heterocycles. The second kappa shape index (κ2) is 9.35. The highest BCUT2D eigenvalue weighted by Crippen LogP contribution is 2.25. The van der Waals surface area contributed by atoms with Gasteiger partial charge in [-0.1, -0.05) is 23.7 Å². The zero-order chi connectivity index (χ0) is 19.8. The van der Waals surface area contributed by atoms with E-state index >= 15 is 0 Å². The van der Waals surface area contributed by atoms with Crippen molar-refractivity contribution in [3.05, 3.63) is 74.8 Å². The van der Waals surface area contributed by atoms with Gasteiger partial charge in [0, 0.05) is 29.3 Å². The van der Waals surface area contributed by atoms with Gasteiger partial charge in [0.05, 0.1) is 4.92 Å². The maximum atomic E-state index is 11.7. The van der Waals surface area contributed by atoms with Crippen LogP contribution in [0.3, 0.4) is 0 Å². The number of amides is 1. The van der Waals surface area contributed by atoms with Gasteiger partial charge in [-0.2, -0.15) is 0 Å². The number of rotatable bonds is 8. The average Bonchev–Trinajstić information content (AvgIpc) is 2.64. The van der Waals surface area contributed by atoms with Crippen LogP contribution in [0.5, 0.6) is 0 Å². The van der Waals surface area contributed by atoms with Crippen molar-refractivity contribution in [2.45, 2.75) is 0 Å². The molecule has 0 unspecified atom stereocenters. The van der Waals surface area contributed by atoms with E-state index in [4.69, 9.17) is 22.1 Å². The quantitative estimate of drug-likeness (QED) is 0.235. The van der Waals surface area contributed by atoms with E-state index in [1.54, 1.807) is 30.3 Å². The Morgan fingerprint density at radius 2 is 1.93 bits per heavy atom. The third-order valence-corrected chi connectivity index (χ3v) is 3.67. The Balaban J connectivity index is 1.85. The molecular formula is C18H16ClN3O5. The second-order valence-corrected chi connectivity index (χ2v) is 5.77. The molecule has 0 saturated carbocycles. The van der Waals surface area contributed by atoms with Crippen molar-refractivity contribution in [1.82, 2.24) is 0 Å². The van der Waals surface area contributed by atoms with Crippen molar-refractivity contribution in [2.24, 2.45) is 5.73 Å². The zero-order valence-electron chi connectivity index (χ0n) is 14.1. The number of nitrogens with zero attached hydrogens (tertiary/aromatic N) is 1. The first kappa shape index (κ1) is 19.9. The lowest BCUT2D eigenvalue weighted by Crippen LogP contribution is -2.14. The van der Waals surface area contributed by atoms with Crippen LogP contribution in [0.2, 0.25) is 5.02 Å². The van der Waals surface area contributed by atoms with Crippen LogP contribution in [0.4, 0.5) is 11.4 Å². The summed E-state index contributed by atoms with van der Waals surface area (Å²) in [5.41, 5.74) is 5.84. The molecule has 0 spiro atoms. The number of nitro groups is 1. The minimum absolute atomic E-state index is 0.00147. The maximum Gasteiger partial charge on any atom is 0.330 e. The lowest BCUT2D eigenvalue weighted by molar-refractivity contribution is -0.384. The predicted octanol–water partition coefficient (Wildman–Crippen LogP) is 3.02. The minimum Gasteiger partial charge on any atom is -0.461 e. The third-order valence-electron chi connectivity index (χ3n) is 3.42. The molecule has 0 aliphatic carbocycles. The summed E-state index contributed by atoms with van der Waals surface area (Å²) >= 11 is 5.78. The lowest BCUT2D eigenvalue weighted by Gasteiger charge is -2.08. The Bertz CT molecular complexity index is 881. The van der Waals surface area contributed by atoms with Crippen LogP contribution in [0.15, 0.2) is 48.5 Å². The summed E-state index contributed by atoms with van der Waals surface area (Å²) in [7, 11) is 0. The van der Waals surface area contributed by atoms with Gasteiger partial charge in [-0.05, 0) is 35.9 Å². The number of ether oxygens (including phenoxy) is 1. The van der Waals surface area contributed by atoms with Gasteiger partial charge >= 0.3 is 5.97 Å². The summed E-state index contributed by atoms with van der Waals surface area (Å²) in [5, 5.41) is 14.5. The maximum absolute atomic E-state index is 11.7. The molecule has 0 aliphatic heterocycles. The van der Waals surface area contributed by atoms with E-state index in [2.05, 4.69) is 5.32 Å². The topological polar surface area (TPSA) is 125 Å². The van der Waals surface area contributed by atoms with Crippen molar-refractivity contribution in [2.75, 3.05) is 18.5 Å². The van der Waals surface area contributed by atoms with E-state index in [1.165, 1.54) is 18.2 Å². The number of primary amides is 1. The molecule has 9 heteroatoms. The molecule has 140 valence electrons. The van der Waals surface area contributed by atoms with Crippen LogP contribution in [0.25, 0.3) is 6.08 Å². The van der Waals surface area contributed by atoms with Gasteiger partial charge in [0.1, 0.15) is 12.3 Å². The Morgan fingerprint density at radius 1 is 1.22 bits per heavy atom. The molecule has 0 radical (unpaired) electrons. The average molecular weight is 390 g/mol. The summed E-state index contributed by atoms with van der Waals surface area (Å²) in [5.74, 6) is -1.31. The summed E-state index contributed by atoms with van der Waals surface area (Å²) in [6.45, 7) is 0.149. The minimum atomic E-state index is -0.758. The van der Waals surface area contributed by atoms with Crippen molar-refractivity contribution < 1.29 is 19.2 Å². The molecule has 0 atom stereocenters. The van der Waals surface area contributed by atoms with Crippen LogP contribution in [0, 0.1) is 10.1 Å². The largest absolute Gasteiger partial charge is 0.461 e. The number of esters is 1. The molecule has 8 nitrogen and oxygen atoms in total. The fraction of sp³-hybridized carbons (Fsp3) is 0.111. The van der Waals surface area contributed by atoms with Gasteiger partial charge in [-0.15, -0.1) is 0 Å². The number of halogens is 1. The highest BCUT2D eigenvalue weighted by atomic mass is 35.5. The number of anilines is 1. The first-order valence-electron chi connectivity index (χ1n) is 7.79. The SMILES string of the molecule is NC(=O)c1ccc(NCCOC(=O)/C=C/c2ccc(Cl)cc2)c([N+](=O)[O-])c1. The molecule has 3 N–H and O–H groups in total. The van der Waals surface area contributed by atoms with Crippen LogP contribution in [0.1, 0.15) is 15.9 Å². The normalized spacial score (nSPS) is 10.6. The van der Waals surface area contributed by atoms with E-state index in [0.29, 0.717) is 5.02 Å². The monoisotopic (exact) mass is 389 g/mol. The molecule has 27 heavy (non-hydrogen) atoms. The molecule has 2 rings (SSSR count). The molecule has 0 heterocycles. The van der Waals surface area contributed by atoms with E-state index in [0.717, 1.165) is 11.6 Å². The summed E-state index contributed by atoms with van der Waals surface area (Å²) in [4.78, 5) is 33.2. The number of carbonyl (C=O) groups is 2. The van der Waals surface area contributed by atoms with Crippen LogP contribution < -0.4 is 11.1 Å². The number of hydrogen-bond donors (Lipinski definition) is 2. The van der Waals surface area contributed by atoms with Crippen LogP contribution >= 0.6 is 11.6 Å². The molecule has 0 bridgehead atoms. The first-order chi connectivity index (χ1) is 12.9. The van der Waals surface area contributed by atoms with Gasteiger partial charge in [-0.25, -0.2) is 4.79 Å². The molecule has 2 aromatic rings. The molecule has 0 aromatic heterocycles. The molecule has 0 fully saturated rings. The Morgan fingerprint density at radius 3 is 2.56 bits per heavy atom. The highest BCUT2D eigenvalue weighted by Gasteiger charge is 2.16.